The summed E-state index contributed by atoms with van der Waals surface area (Å²) in [4.78, 5) is 26.1. The van der Waals surface area contributed by atoms with Gasteiger partial charge in [-0.1, -0.05) is 28.8 Å². The van der Waals surface area contributed by atoms with Crippen molar-refractivity contribution in [3.05, 3.63) is 70.8 Å². The molecule has 9 heteroatoms. The molecule has 0 aliphatic carbocycles. The molecular weight excluding hydrogens is 399 g/mol. The van der Waals surface area contributed by atoms with Crippen LogP contribution >= 0.6 is 11.6 Å². The van der Waals surface area contributed by atoms with E-state index in [0.29, 0.717) is 17.1 Å². The van der Waals surface area contributed by atoms with E-state index in [2.05, 4.69) is 15.5 Å². The molecule has 7 nitrogen and oxygen atoms in total. The molecule has 0 bridgehead atoms. The Morgan fingerprint density at radius 1 is 1.17 bits per heavy atom. The molecule has 2 heterocycles. The van der Waals surface area contributed by atoms with Crippen LogP contribution in [0.25, 0.3) is 0 Å². The molecule has 29 heavy (non-hydrogen) atoms. The second-order valence-electron chi connectivity index (χ2n) is 6.68. The number of hydrogen-bond donors (Lipinski definition) is 1. The normalized spacial score (nSPS) is 16.3. The molecule has 0 saturated carbocycles. The zero-order valence-electron chi connectivity index (χ0n) is 15.1. The van der Waals surface area contributed by atoms with Gasteiger partial charge in [-0.2, -0.15) is 0 Å². The number of hydrogen-bond acceptors (Lipinski definition) is 5. The van der Waals surface area contributed by atoms with Crippen LogP contribution in [0.4, 0.5) is 16.1 Å². The standard InChI is InChI=1S/C20H16ClFN4O3/c21-14-3-7-16(8-4-14)26-11-13(10-18(26)28)19-24-25-20(29-19)23-17(27)9-12-1-5-15(22)6-2-12/h1-8,13H,9-11H2,(H,23,25,27)/t13-/m0/s1. The number of benzene rings is 2. The van der Waals surface area contributed by atoms with Gasteiger partial charge in [0.1, 0.15) is 5.82 Å². The number of anilines is 2. The summed E-state index contributed by atoms with van der Waals surface area (Å²) < 4.78 is 18.5. The van der Waals surface area contributed by atoms with Gasteiger partial charge in [0.2, 0.25) is 17.7 Å². The van der Waals surface area contributed by atoms with E-state index in [0.717, 1.165) is 5.69 Å². The summed E-state index contributed by atoms with van der Waals surface area (Å²) in [5.74, 6) is -0.774. The van der Waals surface area contributed by atoms with E-state index < -0.39 is 0 Å². The van der Waals surface area contributed by atoms with E-state index in [4.69, 9.17) is 16.0 Å². The number of aromatic nitrogens is 2. The molecule has 0 radical (unpaired) electrons. The van der Waals surface area contributed by atoms with E-state index in [9.17, 15) is 14.0 Å². The third kappa shape index (κ3) is 4.43. The van der Waals surface area contributed by atoms with Crippen molar-refractivity contribution >= 4 is 35.1 Å². The number of nitrogens with zero attached hydrogens (tertiary/aromatic N) is 3. The number of carbonyl (C=O) groups is 2. The highest BCUT2D eigenvalue weighted by Gasteiger charge is 2.35. The van der Waals surface area contributed by atoms with Crippen molar-refractivity contribution in [3.8, 4) is 0 Å². The van der Waals surface area contributed by atoms with Crippen molar-refractivity contribution in [2.75, 3.05) is 16.8 Å². The number of halogens is 2. The van der Waals surface area contributed by atoms with Crippen molar-refractivity contribution in [1.29, 1.82) is 0 Å². The summed E-state index contributed by atoms with van der Waals surface area (Å²) in [6.45, 7) is 0.394. The molecule has 1 aliphatic heterocycles. The van der Waals surface area contributed by atoms with Crippen molar-refractivity contribution in [3.63, 3.8) is 0 Å². The molecular formula is C20H16ClFN4O3. The Morgan fingerprint density at radius 2 is 1.90 bits per heavy atom. The van der Waals surface area contributed by atoms with Crippen LogP contribution in [0, 0.1) is 5.82 Å². The Labute approximate surface area is 170 Å². The first-order valence-corrected chi connectivity index (χ1v) is 9.29. The van der Waals surface area contributed by atoms with Gasteiger partial charge in [0, 0.05) is 23.7 Å². The second-order valence-corrected chi connectivity index (χ2v) is 7.12. The minimum absolute atomic E-state index is 0.0375. The van der Waals surface area contributed by atoms with Gasteiger partial charge in [-0.3, -0.25) is 14.9 Å². The van der Waals surface area contributed by atoms with E-state index in [1.54, 1.807) is 29.2 Å². The maximum absolute atomic E-state index is 12.9. The van der Waals surface area contributed by atoms with Crippen molar-refractivity contribution < 1.29 is 18.4 Å². The van der Waals surface area contributed by atoms with Crippen LogP contribution < -0.4 is 10.2 Å². The minimum atomic E-state index is -0.366. The fraction of sp³-hybridized carbons (Fsp3) is 0.200. The maximum atomic E-state index is 12.9. The first kappa shape index (κ1) is 19.1. The third-order valence-electron chi connectivity index (χ3n) is 4.58. The lowest BCUT2D eigenvalue weighted by Gasteiger charge is -2.15. The van der Waals surface area contributed by atoms with Gasteiger partial charge in [0.15, 0.2) is 0 Å². The van der Waals surface area contributed by atoms with Crippen LogP contribution in [0.1, 0.15) is 23.8 Å². The molecule has 1 N–H and O–H groups in total. The predicted molar refractivity (Wildman–Crippen MR) is 104 cm³/mol. The Hall–Kier alpha value is -3.26. The molecule has 1 saturated heterocycles. The molecule has 0 unspecified atom stereocenters. The fourth-order valence-electron chi connectivity index (χ4n) is 3.14. The van der Waals surface area contributed by atoms with E-state index in [-0.39, 0.29) is 48.3 Å². The van der Waals surface area contributed by atoms with Gasteiger partial charge in [-0.15, -0.1) is 5.10 Å². The van der Waals surface area contributed by atoms with Gasteiger partial charge < -0.3 is 9.32 Å². The summed E-state index contributed by atoms with van der Waals surface area (Å²) in [5, 5.41) is 10.9. The molecule has 4 rings (SSSR count). The van der Waals surface area contributed by atoms with Crippen LogP contribution in [-0.2, 0) is 16.0 Å². The zero-order chi connectivity index (χ0) is 20.4. The van der Waals surface area contributed by atoms with Crippen molar-refractivity contribution in [2.45, 2.75) is 18.8 Å². The third-order valence-corrected chi connectivity index (χ3v) is 4.83. The predicted octanol–water partition coefficient (Wildman–Crippen LogP) is 3.56. The number of carbonyl (C=O) groups excluding carboxylic acids is 2. The van der Waals surface area contributed by atoms with Crippen LogP contribution in [0.5, 0.6) is 0 Å². The Balaban J connectivity index is 1.38. The van der Waals surface area contributed by atoms with E-state index in [1.165, 1.54) is 24.3 Å². The summed E-state index contributed by atoms with van der Waals surface area (Å²) in [6.07, 6.45) is 0.276. The summed E-state index contributed by atoms with van der Waals surface area (Å²) >= 11 is 5.89. The van der Waals surface area contributed by atoms with Crippen LogP contribution in [0.15, 0.2) is 52.9 Å². The largest absolute Gasteiger partial charge is 0.407 e. The highest BCUT2D eigenvalue weighted by molar-refractivity contribution is 6.30. The highest BCUT2D eigenvalue weighted by atomic mass is 35.5. The van der Waals surface area contributed by atoms with E-state index >= 15 is 0 Å². The average Bonchev–Trinajstić information content (AvgIpc) is 3.31. The monoisotopic (exact) mass is 414 g/mol. The Morgan fingerprint density at radius 3 is 2.62 bits per heavy atom. The lowest BCUT2D eigenvalue weighted by molar-refractivity contribution is -0.117. The first-order valence-electron chi connectivity index (χ1n) is 8.91. The highest BCUT2D eigenvalue weighted by Crippen LogP contribution is 2.32. The van der Waals surface area contributed by atoms with E-state index in [1.807, 2.05) is 0 Å². The topological polar surface area (TPSA) is 88.3 Å². The molecule has 1 atom stereocenters. The average molecular weight is 415 g/mol. The first-order chi connectivity index (χ1) is 14.0. The van der Waals surface area contributed by atoms with Gasteiger partial charge in [-0.25, -0.2) is 4.39 Å². The lowest BCUT2D eigenvalue weighted by atomic mass is 10.1. The quantitative estimate of drug-likeness (QED) is 0.689. The number of amides is 2. The van der Waals surface area contributed by atoms with Crippen LogP contribution in [0.2, 0.25) is 5.02 Å². The Kier molecular flexibility index (Phi) is 5.26. The Bertz CT molecular complexity index is 1040. The van der Waals surface area contributed by atoms with Crippen molar-refractivity contribution in [1.82, 2.24) is 10.2 Å². The lowest BCUT2D eigenvalue weighted by Crippen LogP contribution is -2.24. The smallest absolute Gasteiger partial charge is 0.322 e. The summed E-state index contributed by atoms with van der Waals surface area (Å²) in [7, 11) is 0. The molecule has 2 amide bonds. The molecule has 1 fully saturated rings. The second kappa shape index (κ2) is 8.00. The fourth-order valence-corrected chi connectivity index (χ4v) is 3.27. The van der Waals surface area contributed by atoms with Crippen LogP contribution in [-0.4, -0.2) is 28.6 Å². The maximum Gasteiger partial charge on any atom is 0.322 e. The summed E-state index contributed by atoms with van der Waals surface area (Å²) in [5.41, 5.74) is 1.40. The molecule has 148 valence electrons. The minimum Gasteiger partial charge on any atom is -0.407 e. The SMILES string of the molecule is O=C(Cc1ccc(F)cc1)Nc1nnc([C@H]2CC(=O)N(c3ccc(Cl)cc3)C2)o1. The molecule has 1 aromatic heterocycles. The molecule has 0 spiro atoms. The zero-order valence-corrected chi connectivity index (χ0v) is 15.9. The van der Waals surface area contributed by atoms with Crippen LogP contribution in [0.3, 0.4) is 0 Å². The summed E-state index contributed by atoms with van der Waals surface area (Å²) in [6, 6.07) is 12.6. The molecule has 1 aliphatic rings. The molecule has 2 aromatic carbocycles. The number of nitrogens with one attached hydrogen (secondary N) is 1. The van der Waals surface area contributed by atoms with Gasteiger partial charge in [-0.05, 0) is 42.0 Å². The van der Waals surface area contributed by atoms with Gasteiger partial charge in [0.25, 0.3) is 0 Å². The van der Waals surface area contributed by atoms with Gasteiger partial charge in [0.05, 0.1) is 12.3 Å². The van der Waals surface area contributed by atoms with Crippen molar-refractivity contribution in [2.24, 2.45) is 0 Å². The number of rotatable bonds is 5. The molecule has 3 aromatic rings. The van der Waals surface area contributed by atoms with Gasteiger partial charge >= 0.3 is 6.01 Å².